The van der Waals surface area contributed by atoms with Crippen LogP contribution in [0, 0.1) is 17.5 Å². The normalized spacial score (nSPS) is 11.2. The van der Waals surface area contributed by atoms with Gasteiger partial charge in [-0.25, -0.2) is 17.9 Å². The van der Waals surface area contributed by atoms with E-state index in [2.05, 4.69) is 25.8 Å². The Kier molecular flexibility index (Phi) is 4.75. The molecule has 148 valence electrons. The van der Waals surface area contributed by atoms with Crippen LogP contribution in [0.2, 0.25) is 0 Å². The molecule has 0 spiro atoms. The Bertz CT molecular complexity index is 1200. The third-order valence-corrected chi connectivity index (χ3v) is 4.54. The van der Waals surface area contributed by atoms with Crippen LogP contribution in [-0.2, 0) is 18.3 Å². The summed E-state index contributed by atoms with van der Waals surface area (Å²) < 4.78 is 42.7. The van der Waals surface area contributed by atoms with Gasteiger partial charge in [-0.3, -0.25) is 10.1 Å². The third-order valence-electron chi connectivity index (χ3n) is 4.54. The molecule has 1 amide bonds. The summed E-state index contributed by atoms with van der Waals surface area (Å²) in [6.07, 6.45) is 0.207. The Morgan fingerprint density at radius 1 is 1.14 bits per heavy atom. The minimum Gasteiger partial charge on any atom is -0.352 e. The van der Waals surface area contributed by atoms with E-state index >= 15 is 0 Å². The van der Waals surface area contributed by atoms with Crippen LogP contribution >= 0.6 is 0 Å². The number of hydrogen-bond donors (Lipinski definition) is 2. The number of halogens is 3. The highest BCUT2D eigenvalue weighted by atomic mass is 19.1. The van der Waals surface area contributed by atoms with Crippen LogP contribution in [0.25, 0.3) is 22.2 Å². The molecule has 2 heterocycles. The number of anilines is 1. The summed E-state index contributed by atoms with van der Waals surface area (Å²) >= 11 is 0. The fraction of sp³-hybridized carbons (Fsp3) is 0.158. The number of H-pyrrole nitrogens is 1. The molecule has 2 aromatic heterocycles. The summed E-state index contributed by atoms with van der Waals surface area (Å²) in [7, 11) is 1.58. The van der Waals surface area contributed by atoms with Crippen LogP contribution in [0.15, 0.2) is 36.4 Å². The quantitative estimate of drug-likeness (QED) is 0.538. The van der Waals surface area contributed by atoms with Gasteiger partial charge in [-0.2, -0.15) is 0 Å². The van der Waals surface area contributed by atoms with Crippen LogP contribution in [0.4, 0.5) is 19.1 Å². The molecule has 0 unspecified atom stereocenters. The lowest BCUT2D eigenvalue weighted by molar-refractivity contribution is -0.116. The van der Waals surface area contributed by atoms with Gasteiger partial charge in [0, 0.05) is 30.6 Å². The van der Waals surface area contributed by atoms with Gasteiger partial charge < -0.3 is 4.98 Å². The van der Waals surface area contributed by atoms with E-state index in [1.165, 1.54) is 35.0 Å². The number of nitrogens with one attached hydrogen (secondary N) is 2. The second-order valence-corrected chi connectivity index (χ2v) is 6.47. The summed E-state index contributed by atoms with van der Waals surface area (Å²) in [5.74, 6) is -2.07. The predicted octanol–water partition coefficient (Wildman–Crippen LogP) is 3.35. The monoisotopic (exact) mass is 400 g/mol. The zero-order chi connectivity index (χ0) is 20.5. The molecule has 0 aliphatic rings. The van der Waals surface area contributed by atoms with Crippen molar-refractivity contribution in [3.63, 3.8) is 0 Å². The molecular weight excluding hydrogens is 385 g/mol. The maximum Gasteiger partial charge on any atom is 0.249 e. The van der Waals surface area contributed by atoms with Gasteiger partial charge in [-0.05, 0) is 58.3 Å². The first-order chi connectivity index (χ1) is 13.9. The number of amides is 1. The van der Waals surface area contributed by atoms with E-state index in [1.54, 1.807) is 7.05 Å². The molecule has 0 atom stereocenters. The van der Waals surface area contributed by atoms with Gasteiger partial charge in [0.2, 0.25) is 11.9 Å². The second kappa shape index (κ2) is 7.38. The van der Waals surface area contributed by atoms with E-state index in [1.807, 2.05) is 0 Å². The molecule has 0 radical (unpaired) electrons. The zero-order valence-corrected chi connectivity index (χ0v) is 15.2. The van der Waals surface area contributed by atoms with Gasteiger partial charge in [0.15, 0.2) is 0 Å². The van der Waals surface area contributed by atoms with Crippen molar-refractivity contribution in [2.45, 2.75) is 12.8 Å². The van der Waals surface area contributed by atoms with E-state index in [0.29, 0.717) is 22.2 Å². The average Bonchev–Trinajstić information content (AvgIpc) is 3.24. The van der Waals surface area contributed by atoms with Crippen molar-refractivity contribution in [3.8, 4) is 11.3 Å². The minimum absolute atomic E-state index is 0.0200. The lowest BCUT2D eigenvalue weighted by atomic mass is 10.0. The number of benzene rings is 2. The van der Waals surface area contributed by atoms with Crippen LogP contribution in [-0.4, -0.2) is 31.1 Å². The fourth-order valence-electron chi connectivity index (χ4n) is 3.16. The first-order valence-corrected chi connectivity index (χ1v) is 8.70. The van der Waals surface area contributed by atoms with Gasteiger partial charge in [0.1, 0.15) is 17.5 Å². The van der Waals surface area contributed by atoms with Crippen molar-refractivity contribution in [1.82, 2.24) is 25.2 Å². The van der Waals surface area contributed by atoms with Crippen molar-refractivity contribution in [3.05, 3.63) is 59.4 Å². The van der Waals surface area contributed by atoms with Crippen molar-refractivity contribution in [2.75, 3.05) is 5.32 Å². The summed E-state index contributed by atoms with van der Waals surface area (Å²) in [6.45, 7) is 0. The van der Waals surface area contributed by atoms with E-state index in [4.69, 9.17) is 0 Å². The molecule has 0 saturated heterocycles. The topological polar surface area (TPSA) is 88.5 Å². The molecule has 0 saturated carbocycles. The van der Waals surface area contributed by atoms with Crippen molar-refractivity contribution < 1.29 is 18.0 Å². The summed E-state index contributed by atoms with van der Waals surface area (Å²) in [4.78, 5) is 15.2. The number of rotatable bonds is 5. The molecule has 0 aliphatic heterocycles. The van der Waals surface area contributed by atoms with Gasteiger partial charge >= 0.3 is 0 Å². The van der Waals surface area contributed by atoms with Crippen molar-refractivity contribution in [2.24, 2.45) is 7.05 Å². The highest BCUT2D eigenvalue weighted by molar-refractivity contribution is 5.93. The van der Waals surface area contributed by atoms with Crippen LogP contribution in [0.5, 0.6) is 0 Å². The summed E-state index contributed by atoms with van der Waals surface area (Å²) in [6, 6.07) is 7.60. The summed E-state index contributed by atoms with van der Waals surface area (Å²) in [5, 5.41) is 13.6. The van der Waals surface area contributed by atoms with E-state index in [9.17, 15) is 18.0 Å². The van der Waals surface area contributed by atoms with Crippen LogP contribution < -0.4 is 5.32 Å². The molecule has 2 aromatic carbocycles. The Balaban J connectivity index is 1.69. The molecule has 29 heavy (non-hydrogen) atoms. The Morgan fingerprint density at radius 3 is 2.59 bits per heavy atom. The molecule has 7 nitrogen and oxygen atoms in total. The summed E-state index contributed by atoms with van der Waals surface area (Å²) in [5.41, 5.74) is 1.77. The lowest BCUT2D eigenvalue weighted by Gasteiger charge is -2.06. The largest absolute Gasteiger partial charge is 0.352 e. The Labute approximate surface area is 162 Å². The molecule has 0 fully saturated rings. The average molecular weight is 400 g/mol. The van der Waals surface area contributed by atoms with Gasteiger partial charge in [0.25, 0.3) is 0 Å². The van der Waals surface area contributed by atoms with Gasteiger partial charge in [0.05, 0.1) is 5.52 Å². The van der Waals surface area contributed by atoms with E-state index in [-0.39, 0.29) is 30.2 Å². The highest BCUT2D eigenvalue weighted by Crippen LogP contribution is 2.33. The van der Waals surface area contributed by atoms with Gasteiger partial charge in [-0.1, -0.05) is 5.10 Å². The lowest BCUT2D eigenvalue weighted by Crippen LogP contribution is -2.15. The highest BCUT2D eigenvalue weighted by Gasteiger charge is 2.18. The minimum atomic E-state index is -0.746. The molecular formula is C19H15F3N6O. The first kappa shape index (κ1) is 18.7. The number of aryl methyl sites for hydroxylation is 2. The Hall–Kier alpha value is -3.69. The SMILES string of the molecule is Cn1nnnc1NC(=O)CCc1c(-c2ccc(F)cc2)[nH]c2c(F)cc(F)cc12. The standard InChI is InChI=1S/C19H15F3N6O/c1-28-19(25-26-27-28)23-16(29)7-6-13-14-8-12(21)9-15(22)18(14)24-17(13)10-2-4-11(20)5-3-10/h2-5,8-9,24H,6-7H2,1H3,(H,23,25,27,29). The number of carbonyl (C=O) groups excluding carboxylic acids is 1. The van der Waals surface area contributed by atoms with Crippen molar-refractivity contribution >= 4 is 22.8 Å². The number of hydrogen-bond acceptors (Lipinski definition) is 4. The molecule has 0 bridgehead atoms. The number of nitrogens with zero attached hydrogens (tertiary/aromatic N) is 4. The number of aromatic nitrogens is 5. The van der Waals surface area contributed by atoms with Crippen LogP contribution in [0.3, 0.4) is 0 Å². The van der Waals surface area contributed by atoms with Crippen molar-refractivity contribution in [1.29, 1.82) is 0 Å². The maximum absolute atomic E-state index is 14.3. The first-order valence-electron chi connectivity index (χ1n) is 8.70. The second-order valence-electron chi connectivity index (χ2n) is 6.47. The van der Waals surface area contributed by atoms with Crippen LogP contribution in [0.1, 0.15) is 12.0 Å². The molecule has 2 N–H and O–H groups in total. The Morgan fingerprint density at radius 2 is 1.90 bits per heavy atom. The third kappa shape index (κ3) is 3.68. The van der Waals surface area contributed by atoms with E-state index in [0.717, 1.165) is 6.07 Å². The number of carbonyl (C=O) groups is 1. The molecule has 4 aromatic rings. The maximum atomic E-state index is 14.3. The fourth-order valence-corrected chi connectivity index (χ4v) is 3.16. The predicted molar refractivity (Wildman–Crippen MR) is 99.4 cm³/mol. The number of tetrazole rings is 1. The zero-order valence-electron chi connectivity index (χ0n) is 15.2. The molecule has 4 rings (SSSR count). The van der Waals surface area contributed by atoms with E-state index < -0.39 is 17.5 Å². The number of aromatic amines is 1. The molecule has 10 heteroatoms. The van der Waals surface area contributed by atoms with Gasteiger partial charge in [-0.15, -0.1) is 0 Å². The molecule has 0 aliphatic carbocycles. The smallest absolute Gasteiger partial charge is 0.249 e. The number of fused-ring (bicyclic) bond motifs is 1.